The van der Waals surface area contributed by atoms with Crippen LogP contribution in [0.5, 0.6) is 0 Å². The number of rotatable bonds is 5. The standard InChI is InChI=1S/C17H25N3O2/c1-14-6-8-15(9-7-14)18-16(21)12-19(2)13-17(22)20-10-4-3-5-11-20/h6-9H,3-5,10-13H2,1-2H3,(H,18,21). The molecule has 0 bridgehead atoms. The van der Waals surface area contributed by atoms with E-state index in [2.05, 4.69) is 5.32 Å². The van der Waals surface area contributed by atoms with Gasteiger partial charge in [0.15, 0.2) is 0 Å². The molecule has 1 N–H and O–H groups in total. The number of hydrogen-bond acceptors (Lipinski definition) is 3. The van der Waals surface area contributed by atoms with Gasteiger partial charge in [0.1, 0.15) is 0 Å². The zero-order chi connectivity index (χ0) is 15.9. The third-order valence-electron chi connectivity index (χ3n) is 3.86. The Hall–Kier alpha value is -1.88. The van der Waals surface area contributed by atoms with Gasteiger partial charge in [0.25, 0.3) is 0 Å². The van der Waals surface area contributed by atoms with Gasteiger partial charge in [0.05, 0.1) is 13.1 Å². The maximum Gasteiger partial charge on any atom is 0.238 e. The van der Waals surface area contributed by atoms with Crippen molar-refractivity contribution in [1.29, 1.82) is 0 Å². The Morgan fingerprint density at radius 3 is 2.36 bits per heavy atom. The van der Waals surface area contributed by atoms with E-state index in [1.165, 1.54) is 6.42 Å². The molecule has 0 aliphatic carbocycles. The monoisotopic (exact) mass is 303 g/mol. The molecule has 0 atom stereocenters. The topological polar surface area (TPSA) is 52.7 Å². The van der Waals surface area contributed by atoms with Crippen LogP contribution in [0.1, 0.15) is 24.8 Å². The molecule has 2 amide bonds. The van der Waals surface area contributed by atoms with E-state index in [4.69, 9.17) is 0 Å². The first-order valence-corrected chi connectivity index (χ1v) is 7.87. The first-order valence-electron chi connectivity index (χ1n) is 7.87. The van der Waals surface area contributed by atoms with Crippen molar-refractivity contribution in [3.05, 3.63) is 29.8 Å². The van der Waals surface area contributed by atoms with Crippen molar-refractivity contribution in [2.75, 3.05) is 38.5 Å². The SMILES string of the molecule is Cc1ccc(NC(=O)CN(C)CC(=O)N2CCCCC2)cc1. The molecule has 1 heterocycles. The van der Waals surface area contributed by atoms with E-state index in [1.807, 2.05) is 36.1 Å². The van der Waals surface area contributed by atoms with Crippen LogP contribution in [0.15, 0.2) is 24.3 Å². The number of piperidine rings is 1. The Bertz CT molecular complexity index is 507. The van der Waals surface area contributed by atoms with Crippen molar-refractivity contribution in [2.24, 2.45) is 0 Å². The first kappa shape index (κ1) is 16.5. The predicted octanol–water partition coefficient (Wildman–Crippen LogP) is 1.88. The number of nitrogens with zero attached hydrogens (tertiary/aromatic N) is 2. The summed E-state index contributed by atoms with van der Waals surface area (Å²) in [6.45, 7) is 4.21. The molecule has 0 radical (unpaired) electrons. The Kier molecular flexibility index (Phi) is 5.95. The highest BCUT2D eigenvalue weighted by Crippen LogP contribution is 2.10. The summed E-state index contributed by atoms with van der Waals surface area (Å²) in [6, 6.07) is 7.68. The zero-order valence-corrected chi connectivity index (χ0v) is 13.5. The summed E-state index contributed by atoms with van der Waals surface area (Å²) < 4.78 is 0. The van der Waals surface area contributed by atoms with Crippen LogP contribution < -0.4 is 5.32 Å². The second-order valence-corrected chi connectivity index (χ2v) is 6.03. The average molecular weight is 303 g/mol. The highest BCUT2D eigenvalue weighted by atomic mass is 16.2. The molecule has 120 valence electrons. The van der Waals surface area contributed by atoms with Crippen molar-refractivity contribution in [2.45, 2.75) is 26.2 Å². The van der Waals surface area contributed by atoms with E-state index >= 15 is 0 Å². The smallest absolute Gasteiger partial charge is 0.238 e. The summed E-state index contributed by atoms with van der Waals surface area (Å²) in [6.07, 6.45) is 3.38. The number of amides is 2. The molecule has 5 heteroatoms. The Balaban J connectivity index is 1.75. The van der Waals surface area contributed by atoms with Crippen molar-refractivity contribution in [3.63, 3.8) is 0 Å². The molecule has 1 fully saturated rings. The van der Waals surface area contributed by atoms with Gasteiger partial charge in [-0.15, -0.1) is 0 Å². The van der Waals surface area contributed by atoms with Crippen LogP contribution in [0.25, 0.3) is 0 Å². The van der Waals surface area contributed by atoms with Gasteiger partial charge in [-0.25, -0.2) is 0 Å². The molecule has 1 aromatic rings. The van der Waals surface area contributed by atoms with E-state index in [0.717, 1.165) is 37.2 Å². The number of likely N-dealkylation sites (N-methyl/N-ethyl adjacent to an activating group) is 1. The number of aryl methyl sites for hydroxylation is 1. The summed E-state index contributed by atoms with van der Waals surface area (Å²) in [7, 11) is 1.80. The van der Waals surface area contributed by atoms with Crippen molar-refractivity contribution in [3.8, 4) is 0 Å². The molecule has 1 saturated heterocycles. The number of hydrogen-bond donors (Lipinski definition) is 1. The highest BCUT2D eigenvalue weighted by Gasteiger charge is 2.18. The number of benzene rings is 1. The number of nitrogens with one attached hydrogen (secondary N) is 1. The quantitative estimate of drug-likeness (QED) is 0.903. The lowest BCUT2D eigenvalue weighted by Gasteiger charge is -2.28. The second kappa shape index (κ2) is 7.94. The van der Waals surface area contributed by atoms with Gasteiger partial charge in [-0.3, -0.25) is 14.5 Å². The second-order valence-electron chi connectivity index (χ2n) is 6.03. The van der Waals surface area contributed by atoms with Crippen LogP contribution >= 0.6 is 0 Å². The minimum Gasteiger partial charge on any atom is -0.342 e. The van der Waals surface area contributed by atoms with Crippen LogP contribution in [0, 0.1) is 6.92 Å². The van der Waals surface area contributed by atoms with E-state index in [0.29, 0.717) is 6.54 Å². The molecule has 0 saturated carbocycles. The fraction of sp³-hybridized carbons (Fsp3) is 0.529. The van der Waals surface area contributed by atoms with Crippen LogP contribution in [0.3, 0.4) is 0 Å². The number of carbonyl (C=O) groups excluding carboxylic acids is 2. The van der Waals surface area contributed by atoms with E-state index in [-0.39, 0.29) is 18.4 Å². The van der Waals surface area contributed by atoms with E-state index < -0.39 is 0 Å². The van der Waals surface area contributed by atoms with Crippen LogP contribution in [-0.2, 0) is 9.59 Å². The number of anilines is 1. The molecule has 22 heavy (non-hydrogen) atoms. The van der Waals surface area contributed by atoms with Gasteiger partial charge in [-0.1, -0.05) is 17.7 Å². The molecule has 5 nitrogen and oxygen atoms in total. The molecule has 0 aromatic heterocycles. The average Bonchev–Trinajstić information content (AvgIpc) is 2.50. The summed E-state index contributed by atoms with van der Waals surface area (Å²) in [4.78, 5) is 27.8. The molecular formula is C17H25N3O2. The van der Waals surface area contributed by atoms with Crippen molar-refractivity contribution >= 4 is 17.5 Å². The van der Waals surface area contributed by atoms with Crippen LogP contribution in [0.4, 0.5) is 5.69 Å². The summed E-state index contributed by atoms with van der Waals surface area (Å²) in [5, 5.41) is 2.85. The highest BCUT2D eigenvalue weighted by molar-refractivity contribution is 5.92. The third kappa shape index (κ3) is 5.15. The summed E-state index contributed by atoms with van der Waals surface area (Å²) >= 11 is 0. The zero-order valence-electron chi connectivity index (χ0n) is 13.5. The Labute approximate surface area is 132 Å². The fourth-order valence-electron chi connectivity index (χ4n) is 2.61. The van der Waals surface area contributed by atoms with Gasteiger partial charge in [-0.05, 0) is 45.4 Å². The molecule has 0 unspecified atom stereocenters. The third-order valence-corrected chi connectivity index (χ3v) is 3.86. The number of likely N-dealkylation sites (tertiary alicyclic amines) is 1. The van der Waals surface area contributed by atoms with Gasteiger partial charge >= 0.3 is 0 Å². The fourth-order valence-corrected chi connectivity index (χ4v) is 2.61. The molecule has 0 spiro atoms. The van der Waals surface area contributed by atoms with Gasteiger partial charge in [0.2, 0.25) is 11.8 Å². The van der Waals surface area contributed by atoms with E-state index in [9.17, 15) is 9.59 Å². The lowest BCUT2D eigenvalue weighted by atomic mass is 10.1. The molecule has 1 aliphatic heterocycles. The lowest BCUT2D eigenvalue weighted by Crippen LogP contribution is -2.43. The normalized spacial score (nSPS) is 15.0. The van der Waals surface area contributed by atoms with Gasteiger partial charge in [0, 0.05) is 18.8 Å². The van der Waals surface area contributed by atoms with Crippen LogP contribution in [0.2, 0.25) is 0 Å². The lowest BCUT2D eigenvalue weighted by molar-refractivity contribution is -0.133. The molecular weight excluding hydrogens is 278 g/mol. The predicted molar refractivity (Wildman–Crippen MR) is 87.7 cm³/mol. The maximum absolute atomic E-state index is 12.1. The maximum atomic E-state index is 12.1. The van der Waals surface area contributed by atoms with E-state index in [1.54, 1.807) is 11.9 Å². The van der Waals surface area contributed by atoms with Gasteiger partial charge in [-0.2, -0.15) is 0 Å². The molecule has 2 rings (SSSR count). The summed E-state index contributed by atoms with van der Waals surface area (Å²) in [5.41, 5.74) is 1.94. The Morgan fingerprint density at radius 1 is 1.09 bits per heavy atom. The minimum atomic E-state index is -0.0993. The van der Waals surface area contributed by atoms with Crippen molar-refractivity contribution in [1.82, 2.24) is 9.80 Å². The Morgan fingerprint density at radius 2 is 1.73 bits per heavy atom. The largest absolute Gasteiger partial charge is 0.342 e. The summed E-state index contributed by atoms with van der Waals surface area (Å²) in [5.74, 6) is 0.0168. The minimum absolute atomic E-state index is 0.0993. The first-order chi connectivity index (χ1) is 10.5. The molecule has 1 aromatic carbocycles. The molecule has 1 aliphatic rings. The van der Waals surface area contributed by atoms with Crippen LogP contribution in [-0.4, -0.2) is 54.8 Å². The van der Waals surface area contributed by atoms with Gasteiger partial charge < -0.3 is 10.2 Å². The van der Waals surface area contributed by atoms with Crippen molar-refractivity contribution < 1.29 is 9.59 Å². The number of carbonyl (C=O) groups is 2.